The lowest BCUT2D eigenvalue weighted by Gasteiger charge is -2.10. The summed E-state index contributed by atoms with van der Waals surface area (Å²) in [5.41, 5.74) is 0. The molecule has 9 heavy (non-hydrogen) atoms. The number of carbonyl (C=O) groups is 2. The van der Waals surface area contributed by atoms with Gasteiger partial charge in [0.1, 0.15) is 0 Å². The van der Waals surface area contributed by atoms with Gasteiger partial charge in [0.25, 0.3) is 0 Å². The highest BCUT2D eigenvalue weighted by Crippen LogP contribution is 1.95. The van der Waals surface area contributed by atoms with Gasteiger partial charge in [0.05, 0.1) is 0 Å². The average molecular weight is 129 g/mol. The molecule has 2 amide bonds. The average Bonchev–Trinajstić information content (AvgIpc) is 1.84. The van der Waals surface area contributed by atoms with Gasteiger partial charge in [0.15, 0.2) is 0 Å². The van der Waals surface area contributed by atoms with Gasteiger partial charge >= 0.3 is 0 Å². The van der Waals surface area contributed by atoms with Crippen molar-refractivity contribution in [2.24, 2.45) is 5.92 Å². The fourth-order valence-electron chi connectivity index (χ4n) is 0.459. The Balaban J connectivity index is 3.87. The third-order valence-corrected chi connectivity index (χ3v) is 1.000. The van der Waals surface area contributed by atoms with Crippen LogP contribution in [0.4, 0.5) is 0 Å². The zero-order valence-corrected chi connectivity index (χ0v) is 5.92. The Morgan fingerprint density at radius 1 is 1.56 bits per heavy atom. The third kappa shape index (κ3) is 2.26. The second-order valence-electron chi connectivity index (χ2n) is 2.21. The number of hydrogen-bond acceptors (Lipinski definition) is 2. The number of carbonyl (C=O) groups excluding carboxylic acids is 2. The van der Waals surface area contributed by atoms with Gasteiger partial charge in [-0.3, -0.25) is 14.5 Å². The van der Waals surface area contributed by atoms with E-state index in [9.17, 15) is 9.59 Å². The van der Waals surface area contributed by atoms with E-state index in [0.29, 0.717) is 6.41 Å². The molecule has 0 heterocycles. The van der Waals surface area contributed by atoms with Crippen LogP contribution in [-0.4, -0.2) is 24.3 Å². The minimum atomic E-state index is -0.148. The van der Waals surface area contributed by atoms with Crippen molar-refractivity contribution in [1.82, 2.24) is 4.90 Å². The minimum Gasteiger partial charge on any atom is -0.288 e. The summed E-state index contributed by atoms with van der Waals surface area (Å²) in [6.45, 7) is 3.50. The molecule has 0 spiro atoms. The minimum absolute atomic E-state index is 0.0970. The van der Waals surface area contributed by atoms with Crippen LogP contribution < -0.4 is 0 Å². The van der Waals surface area contributed by atoms with E-state index in [1.807, 2.05) is 0 Å². The molecule has 0 bridgehead atoms. The highest BCUT2D eigenvalue weighted by Gasteiger charge is 2.10. The van der Waals surface area contributed by atoms with Crippen molar-refractivity contribution in [3.05, 3.63) is 0 Å². The highest BCUT2D eigenvalue weighted by molar-refractivity contribution is 5.86. The van der Waals surface area contributed by atoms with Crippen LogP contribution in [0.15, 0.2) is 0 Å². The van der Waals surface area contributed by atoms with Crippen LogP contribution in [0.3, 0.4) is 0 Å². The Hall–Kier alpha value is -0.860. The van der Waals surface area contributed by atoms with Crippen molar-refractivity contribution in [3.63, 3.8) is 0 Å². The molecule has 0 aliphatic carbocycles. The Labute approximate surface area is 54.6 Å². The molecule has 0 atom stereocenters. The number of amides is 2. The number of rotatable bonds is 2. The smallest absolute Gasteiger partial charge is 0.231 e. The maximum Gasteiger partial charge on any atom is 0.231 e. The normalized spacial score (nSPS) is 9.33. The number of hydrogen-bond donors (Lipinski definition) is 0. The Kier molecular flexibility index (Phi) is 2.91. The molecular formula is C6H11NO2. The van der Waals surface area contributed by atoms with Crippen LogP contribution in [0, 0.1) is 5.92 Å². The third-order valence-electron chi connectivity index (χ3n) is 1.000. The van der Waals surface area contributed by atoms with E-state index in [1.165, 1.54) is 7.05 Å². The molecule has 3 nitrogen and oxygen atoms in total. The topological polar surface area (TPSA) is 37.4 Å². The standard InChI is InChI=1S/C6H11NO2/c1-5(2)6(9)7(3)4-8/h4-5H,1-3H3. The molecule has 0 saturated carbocycles. The molecule has 3 heteroatoms. The van der Waals surface area contributed by atoms with Gasteiger partial charge < -0.3 is 0 Å². The second kappa shape index (κ2) is 3.22. The number of nitrogens with zero attached hydrogens (tertiary/aromatic N) is 1. The van der Waals surface area contributed by atoms with Crippen LogP contribution in [0.25, 0.3) is 0 Å². The molecule has 0 aromatic carbocycles. The Morgan fingerprint density at radius 2 is 2.00 bits per heavy atom. The van der Waals surface area contributed by atoms with Gasteiger partial charge in [-0.2, -0.15) is 0 Å². The van der Waals surface area contributed by atoms with Crippen LogP contribution in [0.1, 0.15) is 13.8 Å². The van der Waals surface area contributed by atoms with Crippen molar-refractivity contribution in [2.75, 3.05) is 7.05 Å². The highest BCUT2D eigenvalue weighted by atomic mass is 16.2. The van der Waals surface area contributed by atoms with Gasteiger partial charge in [-0.15, -0.1) is 0 Å². The summed E-state index contributed by atoms with van der Waals surface area (Å²) in [4.78, 5) is 21.8. The molecule has 0 aliphatic rings. The molecule has 0 saturated heterocycles. The largest absolute Gasteiger partial charge is 0.288 e. The molecular weight excluding hydrogens is 118 g/mol. The van der Waals surface area contributed by atoms with Crippen LogP contribution in [0.2, 0.25) is 0 Å². The van der Waals surface area contributed by atoms with E-state index in [0.717, 1.165) is 4.90 Å². The lowest BCUT2D eigenvalue weighted by Crippen LogP contribution is -2.28. The predicted octanol–water partition coefficient (Wildman–Crippen LogP) is 0.257. The molecule has 0 aromatic heterocycles. The van der Waals surface area contributed by atoms with Crippen LogP contribution in [0.5, 0.6) is 0 Å². The first kappa shape index (κ1) is 8.14. The summed E-state index contributed by atoms with van der Waals surface area (Å²) in [6, 6.07) is 0. The Bertz CT molecular complexity index is 120. The van der Waals surface area contributed by atoms with Gasteiger partial charge in [-0.1, -0.05) is 13.8 Å². The predicted molar refractivity (Wildman–Crippen MR) is 33.7 cm³/mol. The van der Waals surface area contributed by atoms with Gasteiger partial charge in [-0.25, -0.2) is 0 Å². The van der Waals surface area contributed by atoms with Crippen LogP contribution >= 0.6 is 0 Å². The van der Waals surface area contributed by atoms with E-state index in [-0.39, 0.29) is 11.8 Å². The maximum atomic E-state index is 10.8. The van der Waals surface area contributed by atoms with Crippen molar-refractivity contribution < 1.29 is 9.59 Å². The monoisotopic (exact) mass is 129 g/mol. The molecule has 0 N–H and O–H groups in total. The van der Waals surface area contributed by atoms with Gasteiger partial charge in [0.2, 0.25) is 12.3 Å². The van der Waals surface area contributed by atoms with Crippen molar-refractivity contribution in [3.8, 4) is 0 Å². The summed E-state index contributed by atoms with van der Waals surface area (Å²) in [6.07, 6.45) is 0.516. The van der Waals surface area contributed by atoms with E-state index < -0.39 is 0 Å². The fraction of sp³-hybridized carbons (Fsp3) is 0.667. The number of imide groups is 1. The zero-order chi connectivity index (χ0) is 7.44. The van der Waals surface area contributed by atoms with Crippen molar-refractivity contribution >= 4 is 12.3 Å². The molecule has 0 aromatic rings. The summed E-state index contributed by atoms with van der Waals surface area (Å²) in [5, 5.41) is 0. The lowest BCUT2D eigenvalue weighted by atomic mass is 10.2. The SMILES string of the molecule is CC(C)C(=O)N(C)C=O. The lowest BCUT2D eigenvalue weighted by molar-refractivity contribution is -0.138. The van der Waals surface area contributed by atoms with Crippen LogP contribution in [-0.2, 0) is 9.59 Å². The van der Waals surface area contributed by atoms with E-state index in [1.54, 1.807) is 13.8 Å². The first-order valence-electron chi connectivity index (χ1n) is 2.81. The maximum absolute atomic E-state index is 10.8. The fourth-order valence-corrected chi connectivity index (χ4v) is 0.459. The summed E-state index contributed by atoms with van der Waals surface area (Å²) >= 11 is 0. The summed E-state index contributed by atoms with van der Waals surface area (Å²) in [7, 11) is 1.45. The molecule has 0 fully saturated rings. The zero-order valence-electron chi connectivity index (χ0n) is 5.92. The van der Waals surface area contributed by atoms with E-state index in [2.05, 4.69) is 0 Å². The van der Waals surface area contributed by atoms with Crippen molar-refractivity contribution in [2.45, 2.75) is 13.8 Å². The molecule has 0 unspecified atom stereocenters. The summed E-state index contributed by atoms with van der Waals surface area (Å²) in [5.74, 6) is -0.245. The first-order chi connectivity index (χ1) is 4.09. The van der Waals surface area contributed by atoms with Gasteiger partial charge in [0, 0.05) is 13.0 Å². The molecule has 0 radical (unpaired) electrons. The van der Waals surface area contributed by atoms with Gasteiger partial charge in [-0.05, 0) is 0 Å². The second-order valence-corrected chi connectivity index (χ2v) is 2.21. The van der Waals surface area contributed by atoms with Crippen molar-refractivity contribution in [1.29, 1.82) is 0 Å². The quantitative estimate of drug-likeness (QED) is 0.501. The van der Waals surface area contributed by atoms with E-state index in [4.69, 9.17) is 0 Å². The molecule has 52 valence electrons. The molecule has 0 aliphatic heterocycles. The molecule has 0 rings (SSSR count). The first-order valence-corrected chi connectivity index (χ1v) is 2.81. The summed E-state index contributed by atoms with van der Waals surface area (Å²) < 4.78 is 0. The van der Waals surface area contributed by atoms with E-state index >= 15 is 0 Å². The Morgan fingerprint density at radius 3 is 2.11 bits per heavy atom.